The molecule has 17 heavy (non-hydrogen) atoms. The second-order valence-electron chi connectivity index (χ2n) is 4.25. The first-order valence-corrected chi connectivity index (χ1v) is 5.92. The van der Waals surface area contributed by atoms with Crippen LogP contribution in [0.15, 0.2) is 12.3 Å². The van der Waals surface area contributed by atoms with Crippen LogP contribution in [0.4, 0.5) is 11.5 Å². The molecular weight excluding hydrogens is 240 g/mol. The van der Waals surface area contributed by atoms with Crippen molar-refractivity contribution in [3.05, 3.63) is 17.3 Å². The van der Waals surface area contributed by atoms with E-state index in [1.54, 1.807) is 13.0 Å². The van der Waals surface area contributed by atoms with Gasteiger partial charge in [-0.1, -0.05) is 11.6 Å². The SMILES string of the molecule is CC(Nc1ncc(N)cc1Cl)C(=O)NC1CC1. The predicted octanol–water partition coefficient (Wildman–Crippen LogP) is 1.40. The molecule has 0 bridgehead atoms. The van der Waals surface area contributed by atoms with E-state index in [9.17, 15) is 4.79 Å². The first kappa shape index (κ1) is 12.0. The number of nitrogen functional groups attached to an aromatic ring is 1. The Morgan fingerprint density at radius 2 is 2.35 bits per heavy atom. The molecule has 92 valence electrons. The summed E-state index contributed by atoms with van der Waals surface area (Å²) in [6, 6.07) is 1.58. The third-order valence-corrected chi connectivity index (χ3v) is 2.82. The Morgan fingerprint density at radius 1 is 1.65 bits per heavy atom. The summed E-state index contributed by atoms with van der Waals surface area (Å²) in [5.74, 6) is 0.432. The number of nitrogens with one attached hydrogen (secondary N) is 2. The first-order chi connectivity index (χ1) is 8.06. The summed E-state index contributed by atoms with van der Waals surface area (Å²) in [7, 11) is 0. The lowest BCUT2D eigenvalue weighted by Gasteiger charge is -2.15. The number of aromatic nitrogens is 1. The highest BCUT2D eigenvalue weighted by atomic mass is 35.5. The number of halogens is 1. The fourth-order valence-corrected chi connectivity index (χ4v) is 1.61. The number of anilines is 2. The van der Waals surface area contributed by atoms with Gasteiger partial charge in [0, 0.05) is 6.04 Å². The summed E-state index contributed by atoms with van der Waals surface area (Å²) in [6.07, 6.45) is 3.64. The van der Waals surface area contributed by atoms with Crippen LogP contribution in [0.5, 0.6) is 0 Å². The molecule has 4 N–H and O–H groups in total. The molecule has 1 unspecified atom stereocenters. The highest BCUT2D eigenvalue weighted by Crippen LogP contribution is 2.22. The van der Waals surface area contributed by atoms with E-state index in [-0.39, 0.29) is 11.9 Å². The van der Waals surface area contributed by atoms with E-state index >= 15 is 0 Å². The van der Waals surface area contributed by atoms with Gasteiger partial charge in [-0.3, -0.25) is 4.79 Å². The van der Waals surface area contributed by atoms with Crippen LogP contribution < -0.4 is 16.4 Å². The normalized spacial score (nSPS) is 16.4. The standard InChI is InChI=1S/C11H15ClN4O/c1-6(11(17)16-8-2-3-8)15-10-9(12)4-7(13)5-14-10/h4-6,8H,2-3,13H2,1H3,(H,14,15)(H,16,17). The predicted molar refractivity (Wildman–Crippen MR) is 67.9 cm³/mol. The molecule has 2 rings (SSSR count). The molecule has 1 fully saturated rings. The molecule has 1 aliphatic carbocycles. The van der Waals surface area contributed by atoms with E-state index in [1.165, 1.54) is 6.20 Å². The largest absolute Gasteiger partial charge is 0.397 e. The third-order valence-electron chi connectivity index (χ3n) is 2.53. The van der Waals surface area contributed by atoms with Crippen molar-refractivity contribution in [2.75, 3.05) is 11.1 Å². The van der Waals surface area contributed by atoms with Crippen LogP contribution in [-0.2, 0) is 4.79 Å². The smallest absolute Gasteiger partial charge is 0.242 e. The molecule has 1 aromatic rings. The molecule has 0 aliphatic heterocycles. The quantitative estimate of drug-likeness (QED) is 0.759. The number of hydrogen-bond donors (Lipinski definition) is 3. The van der Waals surface area contributed by atoms with Crippen LogP contribution in [0.2, 0.25) is 5.02 Å². The number of carbonyl (C=O) groups excluding carboxylic acids is 1. The molecule has 1 aromatic heterocycles. The molecule has 0 saturated heterocycles. The van der Waals surface area contributed by atoms with Crippen molar-refractivity contribution in [2.24, 2.45) is 0 Å². The summed E-state index contributed by atoms with van der Waals surface area (Å²) in [6.45, 7) is 1.77. The average molecular weight is 255 g/mol. The highest BCUT2D eigenvalue weighted by Gasteiger charge is 2.25. The number of carbonyl (C=O) groups is 1. The van der Waals surface area contributed by atoms with Gasteiger partial charge >= 0.3 is 0 Å². The van der Waals surface area contributed by atoms with Gasteiger partial charge in [0.05, 0.1) is 16.9 Å². The van der Waals surface area contributed by atoms with Crippen LogP contribution in [0.25, 0.3) is 0 Å². The Labute approximate surface area is 105 Å². The second kappa shape index (κ2) is 4.79. The van der Waals surface area contributed by atoms with Crippen LogP contribution in [0.1, 0.15) is 19.8 Å². The summed E-state index contributed by atoms with van der Waals surface area (Å²) in [4.78, 5) is 15.8. The van der Waals surface area contributed by atoms with Crippen molar-refractivity contribution in [3.8, 4) is 0 Å². The van der Waals surface area contributed by atoms with Gasteiger partial charge in [-0.25, -0.2) is 4.98 Å². The number of amides is 1. The molecule has 1 heterocycles. The minimum atomic E-state index is -0.371. The zero-order chi connectivity index (χ0) is 12.4. The van der Waals surface area contributed by atoms with Gasteiger partial charge in [0.1, 0.15) is 11.9 Å². The summed E-state index contributed by atoms with van der Waals surface area (Å²) >= 11 is 5.96. The van der Waals surface area contributed by atoms with Gasteiger partial charge in [0.2, 0.25) is 5.91 Å². The van der Waals surface area contributed by atoms with E-state index in [0.717, 1.165) is 12.8 Å². The lowest BCUT2D eigenvalue weighted by atomic mass is 10.3. The monoisotopic (exact) mass is 254 g/mol. The van der Waals surface area contributed by atoms with Crippen LogP contribution in [0, 0.1) is 0 Å². The van der Waals surface area contributed by atoms with Crippen molar-refractivity contribution in [1.82, 2.24) is 10.3 Å². The van der Waals surface area contributed by atoms with Gasteiger partial charge in [-0.2, -0.15) is 0 Å². The van der Waals surface area contributed by atoms with Crippen molar-refractivity contribution >= 4 is 29.0 Å². The van der Waals surface area contributed by atoms with E-state index in [1.807, 2.05) is 0 Å². The molecule has 0 radical (unpaired) electrons. The van der Waals surface area contributed by atoms with Gasteiger partial charge < -0.3 is 16.4 Å². The molecule has 6 heteroatoms. The van der Waals surface area contributed by atoms with Crippen molar-refractivity contribution in [2.45, 2.75) is 31.8 Å². The minimum absolute atomic E-state index is 0.0396. The molecule has 0 aromatic carbocycles. The number of nitrogens with zero attached hydrogens (tertiary/aromatic N) is 1. The summed E-state index contributed by atoms with van der Waals surface area (Å²) in [5, 5.41) is 6.28. The molecule has 1 aliphatic rings. The number of hydrogen-bond acceptors (Lipinski definition) is 4. The third kappa shape index (κ3) is 3.23. The fourth-order valence-electron chi connectivity index (χ4n) is 1.38. The van der Waals surface area contributed by atoms with Gasteiger partial charge in [0.15, 0.2) is 0 Å². The number of rotatable bonds is 4. The molecule has 0 spiro atoms. The average Bonchev–Trinajstić information content (AvgIpc) is 3.06. The van der Waals surface area contributed by atoms with Crippen molar-refractivity contribution < 1.29 is 4.79 Å². The number of pyridine rings is 1. The molecule has 1 saturated carbocycles. The maximum absolute atomic E-state index is 11.7. The highest BCUT2D eigenvalue weighted by molar-refractivity contribution is 6.33. The fraction of sp³-hybridized carbons (Fsp3) is 0.455. The molecule has 1 amide bonds. The van der Waals surface area contributed by atoms with Crippen LogP contribution >= 0.6 is 11.6 Å². The Kier molecular flexibility index (Phi) is 3.38. The van der Waals surface area contributed by atoms with Gasteiger partial charge in [0.25, 0.3) is 0 Å². The van der Waals surface area contributed by atoms with Crippen LogP contribution in [0.3, 0.4) is 0 Å². The van der Waals surface area contributed by atoms with Crippen molar-refractivity contribution in [1.29, 1.82) is 0 Å². The van der Waals surface area contributed by atoms with E-state index in [4.69, 9.17) is 17.3 Å². The minimum Gasteiger partial charge on any atom is -0.397 e. The Hall–Kier alpha value is -1.49. The topological polar surface area (TPSA) is 80.0 Å². The van der Waals surface area contributed by atoms with Gasteiger partial charge in [-0.15, -0.1) is 0 Å². The van der Waals surface area contributed by atoms with E-state index < -0.39 is 0 Å². The van der Waals surface area contributed by atoms with E-state index in [2.05, 4.69) is 15.6 Å². The summed E-state index contributed by atoms with van der Waals surface area (Å²) in [5.41, 5.74) is 6.03. The maximum atomic E-state index is 11.7. The molecule has 1 atom stereocenters. The van der Waals surface area contributed by atoms with E-state index in [0.29, 0.717) is 22.6 Å². The lowest BCUT2D eigenvalue weighted by molar-refractivity contribution is -0.121. The van der Waals surface area contributed by atoms with Crippen LogP contribution in [-0.4, -0.2) is 23.0 Å². The second-order valence-corrected chi connectivity index (χ2v) is 4.66. The molecular formula is C11H15ClN4O. The summed E-state index contributed by atoms with van der Waals surface area (Å²) < 4.78 is 0. The van der Waals surface area contributed by atoms with Gasteiger partial charge in [-0.05, 0) is 25.8 Å². The Morgan fingerprint density at radius 3 is 2.94 bits per heavy atom. The maximum Gasteiger partial charge on any atom is 0.242 e. The number of nitrogens with two attached hydrogens (primary N) is 1. The Balaban J connectivity index is 1.96. The zero-order valence-corrected chi connectivity index (χ0v) is 10.3. The lowest BCUT2D eigenvalue weighted by Crippen LogP contribution is -2.38. The zero-order valence-electron chi connectivity index (χ0n) is 9.53. The molecule has 5 nitrogen and oxygen atoms in total. The Bertz CT molecular complexity index is 433. The van der Waals surface area contributed by atoms with Crippen molar-refractivity contribution in [3.63, 3.8) is 0 Å². The first-order valence-electron chi connectivity index (χ1n) is 5.54.